The quantitative estimate of drug-likeness (QED) is 0.668. The van der Waals surface area contributed by atoms with E-state index in [2.05, 4.69) is 37.4 Å². The first kappa shape index (κ1) is 20.9. The Morgan fingerprint density at radius 2 is 2.00 bits per heavy atom. The van der Waals surface area contributed by atoms with Crippen LogP contribution in [0.15, 0.2) is 30.3 Å². The molecule has 2 heterocycles. The molecule has 0 aliphatic carbocycles. The number of epoxide rings is 1. The first-order chi connectivity index (χ1) is 14.8. The standard InChI is InChI=1S/C24H25N3O4/c1-14(2)15-3-5-16(6-4-15)18-11-20(19(12-25)17-8-10-30-22(17)18)27-23(29)24(13-31-24)9-7-21(26)28/h3-6,11,14H,7-10,13H2,1-2H3,(H2,26,28)(H,27,29)/t24-/m0/s1. The van der Waals surface area contributed by atoms with Gasteiger partial charge in [0.25, 0.3) is 5.91 Å². The number of benzene rings is 2. The number of amides is 2. The first-order valence-corrected chi connectivity index (χ1v) is 10.4. The largest absolute Gasteiger partial charge is 0.492 e. The Morgan fingerprint density at radius 1 is 1.29 bits per heavy atom. The number of nitrogens with one attached hydrogen (secondary N) is 1. The van der Waals surface area contributed by atoms with E-state index in [4.69, 9.17) is 15.2 Å². The van der Waals surface area contributed by atoms with E-state index < -0.39 is 11.5 Å². The van der Waals surface area contributed by atoms with Gasteiger partial charge in [0, 0.05) is 24.0 Å². The molecular weight excluding hydrogens is 394 g/mol. The summed E-state index contributed by atoms with van der Waals surface area (Å²) in [5, 5.41) is 12.7. The number of nitrogens with zero attached hydrogens (tertiary/aromatic N) is 1. The molecule has 2 aromatic carbocycles. The molecule has 0 bridgehead atoms. The van der Waals surface area contributed by atoms with E-state index in [-0.39, 0.29) is 25.4 Å². The van der Waals surface area contributed by atoms with Crippen molar-refractivity contribution in [3.63, 3.8) is 0 Å². The lowest BCUT2D eigenvalue weighted by Crippen LogP contribution is -2.33. The third-order valence-corrected chi connectivity index (χ3v) is 5.91. The summed E-state index contributed by atoms with van der Waals surface area (Å²) >= 11 is 0. The minimum Gasteiger partial charge on any atom is -0.492 e. The normalized spacial score (nSPS) is 18.8. The Bertz CT molecular complexity index is 1080. The summed E-state index contributed by atoms with van der Waals surface area (Å²) in [6.07, 6.45) is 0.875. The molecular formula is C24H25N3O4. The molecule has 0 saturated carbocycles. The van der Waals surface area contributed by atoms with Crippen LogP contribution in [-0.2, 0) is 20.7 Å². The van der Waals surface area contributed by atoms with Crippen molar-refractivity contribution >= 4 is 17.5 Å². The molecule has 1 fully saturated rings. The van der Waals surface area contributed by atoms with Crippen LogP contribution in [-0.4, -0.2) is 30.6 Å². The summed E-state index contributed by atoms with van der Waals surface area (Å²) in [6, 6.07) is 12.2. The lowest BCUT2D eigenvalue weighted by atomic mass is 9.93. The van der Waals surface area contributed by atoms with Crippen LogP contribution < -0.4 is 15.8 Å². The molecule has 2 amide bonds. The van der Waals surface area contributed by atoms with Gasteiger partial charge >= 0.3 is 0 Å². The Labute approximate surface area is 181 Å². The van der Waals surface area contributed by atoms with Crippen LogP contribution >= 0.6 is 0 Å². The molecule has 31 heavy (non-hydrogen) atoms. The van der Waals surface area contributed by atoms with E-state index in [0.29, 0.717) is 35.9 Å². The lowest BCUT2D eigenvalue weighted by molar-refractivity contribution is -0.122. The highest BCUT2D eigenvalue weighted by Gasteiger charge is 2.52. The van der Waals surface area contributed by atoms with Crippen LogP contribution in [0.1, 0.15) is 49.3 Å². The average molecular weight is 419 g/mol. The van der Waals surface area contributed by atoms with E-state index in [1.54, 1.807) is 6.07 Å². The number of ether oxygens (including phenoxy) is 2. The number of primary amides is 1. The van der Waals surface area contributed by atoms with Gasteiger partial charge in [0.2, 0.25) is 5.91 Å². The third-order valence-electron chi connectivity index (χ3n) is 5.91. The van der Waals surface area contributed by atoms with Crippen molar-refractivity contribution in [1.82, 2.24) is 0 Å². The Balaban J connectivity index is 1.70. The van der Waals surface area contributed by atoms with Crippen molar-refractivity contribution in [2.24, 2.45) is 5.73 Å². The summed E-state index contributed by atoms with van der Waals surface area (Å²) in [6.45, 7) is 4.99. The van der Waals surface area contributed by atoms with Gasteiger partial charge in [-0.05, 0) is 29.5 Å². The van der Waals surface area contributed by atoms with Gasteiger partial charge in [-0.25, -0.2) is 0 Å². The maximum absolute atomic E-state index is 12.9. The maximum Gasteiger partial charge on any atom is 0.259 e. The minimum absolute atomic E-state index is 0.0595. The molecule has 0 spiro atoms. The second-order valence-corrected chi connectivity index (χ2v) is 8.34. The number of hydrogen-bond acceptors (Lipinski definition) is 5. The van der Waals surface area contributed by atoms with Crippen LogP contribution in [0.3, 0.4) is 0 Å². The van der Waals surface area contributed by atoms with Crippen LogP contribution in [0.2, 0.25) is 0 Å². The molecule has 1 saturated heterocycles. The summed E-state index contributed by atoms with van der Waals surface area (Å²) < 4.78 is 11.2. The summed E-state index contributed by atoms with van der Waals surface area (Å²) in [4.78, 5) is 24.0. The molecule has 2 aliphatic rings. The molecule has 2 aromatic rings. The zero-order valence-electron chi connectivity index (χ0n) is 17.7. The topological polar surface area (TPSA) is 118 Å². The second-order valence-electron chi connectivity index (χ2n) is 8.34. The van der Waals surface area contributed by atoms with Crippen molar-refractivity contribution in [2.75, 3.05) is 18.5 Å². The van der Waals surface area contributed by atoms with Gasteiger partial charge in [-0.15, -0.1) is 0 Å². The summed E-state index contributed by atoms with van der Waals surface area (Å²) in [7, 11) is 0. The first-order valence-electron chi connectivity index (χ1n) is 10.4. The Morgan fingerprint density at radius 3 is 2.58 bits per heavy atom. The minimum atomic E-state index is -1.06. The van der Waals surface area contributed by atoms with Crippen molar-refractivity contribution in [1.29, 1.82) is 5.26 Å². The number of carbonyl (C=O) groups excluding carboxylic acids is 2. The van der Waals surface area contributed by atoms with Crippen LogP contribution in [0, 0.1) is 11.3 Å². The number of fused-ring (bicyclic) bond motifs is 1. The highest BCUT2D eigenvalue weighted by molar-refractivity contribution is 6.01. The van der Waals surface area contributed by atoms with Gasteiger partial charge in [0.1, 0.15) is 11.8 Å². The average Bonchev–Trinajstić information content (AvgIpc) is 3.40. The number of carbonyl (C=O) groups is 2. The predicted molar refractivity (Wildman–Crippen MR) is 116 cm³/mol. The molecule has 7 heteroatoms. The van der Waals surface area contributed by atoms with E-state index in [1.807, 2.05) is 12.1 Å². The molecule has 0 aromatic heterocycles. The predicted octanol–water partition coefficient (Wildman–Crippen LogP) is 3.26. The Kier molecular flexibility index (Phi) is 5.42. The SMILES string of the molecule is CC(C)c1ccc(-c2cc(NC(=O)[C@]3(CCC(N)=O)CO3)c(C#N)c3c2OCC3)cc1. The van der Waals surface area contributed by atoms with Crippen LogP contribution in [0.25, 0.3) is 11.1 Å². The number of rotatable bonds is 7. The van der Waals surface area contributed by atoms with Crippen LogP contribution in [0.5, 0.6) is 5.75 Å². The van der Waals surface area contributed by atoms with Gasteiger partial charge in [0.05, 0.1) is 24.5 Å². The van der Waals surface area contributed by atoms with Gasteiger partial charge in [-0.1, -0.05) is 38.1 Å². The molecule has 1 atom stereocenters. The maximum atomic E-state index is 12.9. The lowest BCUT2D eigenvalue weighted by Gasteiger charge is -2.17. The van der Waals surface area contributed by atoms with Gasteiger partial charge in [-0.2, -0.15) is 5.26 Å². The molecule has 0 radical (unpaired) electrons. The smallest absolute Gasteiger partial charge is 0.259 e. The van der Waals surface area contributed by atoms with Crippen LogP contribution in [0.4, 0.5) is 5.69 Å². The fourth-order valence-corrected chi connectivity index (χ4v) is 3.90. The molecule has 3 N–H and O–H groups in total. The molecule has 7 nitrogen and oxygen atoms in total. The van der Waals surface area contributed by atoms with Crippen molar-refractivity contribution in [3.05, 3.63) is 47.0 Å². The number of nitrogens with two attached hydrogens (primary N) is 1. The third kappa shape index (κ3) is 3.99. The fourth-order valence-electron chi connectivity index (χ4n) is 3.90. The zero-order valence-corrected chi connectivity index (χ0v) is 17.7. The molecule has 2 aliphatic heterocycles. The fraction of sp³-hybridized carbons (Fsp3) is 0.375. The zero-order chi connectivity index (χ0) is 22.2. The Hall–Kier alpha value is -3.37. The van der Waals surface area contributed by atoms with Crippen molar-refractivity contribution in [2.45, 2.75) is 44.6 Å². The highest BCUT2D eigenvalue weighted by atomic mass is 16.6. The summed E-state index contributed by atoms with van der Waals surface area (Å²) in [5.74, 6) is 0.257. The van der Waals surface area contributed by atoms with E-state index >= 15 is 0 Å². The highest BCUT2D eigenvalue weighted by Crippen LogP contribution is 2.43. The number of anilines is 1. The molecule has 160 valence electrons. The number of hydrogen-bond donors (Lipinski definition) is 2. The second kappa shape index (κ2) is 8.05. The van der Waals surface area contributed by atoms with Gasteiger partial charge < -0.3 is 20.5 Å². The van der Waals surface area contributed by atoms with E-state index in [1.165, 1.54) is 5.56 Å². The van der Waals surface area contributed by atoms with Crippen molar-refractivity contribution in [3.8, 4) is 22.9 Å². The number of nitriles is 1. The monoisotopic (exact) mass is 419 g/mol. The van der Waals surface area contributed by atoms with Gasteiger partial charge in [-0.3, -0.25) is 9.59 Å². The van der Waals surface area contributed by atoms with Crippen molar-refractivity contribution < 1.29 is 19.1 Å². The van der Waals surface area contributed by atoms with E-state index in [0.717, 1.165) is 16.7 Å². The van der Waals surface area contributed by atoms with E-state index in [9.17, 15) is 14.9 Å². The molecule has 0 unspecified atom stereocenters. The van der Waals surface area contributed by atoms with Gasteiger partial charge in [0.15, 0.2) is 5.60 Å². The molecule has 4 rings (SSSR count). The summed E-state index contributed by atoms with van der Waals surface area (Å²) in [5.41, 5.74) is 8.79.